The fourth-order valence-corrected chi connectivity index (χ4v) is 3.89. The van der Waals surface area contributed by atoms with E-state index >= 15 is 0 Å². The third-order valence-corrected chi connectivity index (χ3v) is 5.01. The molecule has 0 saturated heterocycles. The van der Waals surface area contributed by atoms with E-state index in [1.165, 1.54) is 20.2 Å². The van der Waals surface area contributed by atoms with Crippen molar-refractivity contribution in [3.05, 3.63) is 29.0 Å². The molecular formula is C16H16O3S2. The molecule has 0 atom stereocenters. The maximum atomic E-state index is 11.1. The van der Waals surface area contributed by atoms with Crippen LogP contribution in [-0.4, -0.2) is 19.2 Å². The van der Waals surface area contributed by atoms with E-state index in [4.69, 9.17) is 9.47 Å². The van der Waals surface area contributed by atoms with Crippen LogP contribution in [0.2, 0.25) is 0 Å². The first-order valence-corrected chi connectivity index (χ1v) is 8.71. The third-order valence-electron chi connectivity index (χ3n) is 3.22. The van der Waals surface area contributed by atoms with Crippen molar-refractivity contribution >= 4 is 48.8 Å². The molecule has 0 spiro atoms. The molecule has 3 aromatic rings. The van der Waals surface area contributed by atoms with E-state index in [9.17, 15) is 4.79 Å². The summed E-state index contributed by atoms with van der Waals surface area (Å²) in [6, 6.07) is 6.43. The Hall–Kier alpha value is -1.59. The molecule has 0 unspecified atom stereocenters. The van der Waals surface area contributed by atoms with E-state index in [0.717, 1.165) is 5.75 Å². The monoisotopic (exact) mass is 320 g/mol. The molecule has 1 aromatic carbocycles. The average Bonchev–Trinajstić information content (AvgIpc) is 3.13. The van der Waals surface area contributed by atoms with Crippen LogP contribution in [0.3, 0.4) is 0 Å². The van der Waals surface area contributed by atoms with Crippen molar-refractivity contribution in [2.75, 3.05) is 13.2 Å². The number of esters is 1. The molecule has 0 aliphatic heterocycles. The highest BCUT2D eigenvalue weighted by atomic mass is 32.1. The van der Waals surface area contributed by atoms with Gasteiger partial charge in [0.15, 0.2) is 0 Å². The number of benzene rings is 1. The quantitative estimate of drug-likeness (QED) is 0.481. The SMILES string of the molecule is CCC(=O)OCCCOc1c2ccsc2cc2ccsc12. The van der Waals surface area contributed by atoms with Crippen molar-refractivity contribution in [2.24, 2.45) is 0 Å². The number of rotatable bonds is 6. The van der Waals surface area contributed by atoms with E-state index in [1.54, 1.807) is 29.6 Å². The van der Waals surface area contributed by atoms with Crippen LogP contribution in [0, 0.1) is 0 Å². The van der Waals surface area contributed by atoms with Gasteiger partial charge in [-0.25, -0.2) is 0 Å². The van der Waals surface area contributed by atoms with E-state index in [2.05, 4.69) is 29.0 Å². The fourth-order valence-electron chi connectivity index (χ4n) is 2.17. The summed E-state index contributed by atoms with van der Waals surface area (Å²) < 4.78 is 13.5. The Morgan fingerprint density at radius 2 is 2.05 bits per heavy atom. The largest absolute Gasteiger partial charge is 0.491 e. The summed E-state index contributed by atoms with van der Waals surface area (Å²) in [4.78, 5) is 11.1. The molecule has 0 saturated carbocycles. The minimum Gasteiger partial charge on any atom is -0.491 e. The molecule has 21 heavy (non-hydrogen) atoms. The summed E-state index contributed by atoms with van der Waals surface area (Å²) >= 11 is 3.42. The number of carbonyl (C=O) groups is 1. The number of thiophene rings is 2. The first kappa shape index (κ1) is 14.4. The number of hydrogen-bond acceptors (Lipinski definition) is 5. The molecule has 0 N–H and O–H groups in total. The van der Waals surface area contributed by atoms with Crippen LogP contribution in [-0.2, 0) is 9.53 Å². The van der Waals surface area contributed by atoms with Crippen molar-refractivity contribution in [3.8, 4) is 5.75 Å². The molecule has 2 heterocycles. The normalized spacial score (nSPS) is 11.1. The van der Waals surface area contributed by atoms with Gasteiger partial charge < -0.3 is 9.47 Å². The molecule has 0 radical (unpaired) electrons. The second-order valence-corrected chi connectivity index (χ2v) is 6.52. The lowest BCUT2D eigenvalue weighted by atomic mass is 10.2. The van der Waals surface area contributed by atoms with Crippen LogP contribution in [0.1, 0.15) is 19.8 Å². The van der Waals surface area contributed by atoms with Gasteiger partial charge in [0.25, 0.3) is 0 Å². The molecule has 0 aliphatic rings. The van der Waals surface area contributed by atoms with Gasteiger partial charge in [-0.3, -0.25) is 4.79 Å². The summed E-state index contributed by atoms with van der Waals surface area (Å²) in [6.07, 6.45) is 1.13. The van der Waals surface area contributed by atoms with Gasteiger partial charge in [0, 0.05) is 22.9 Å². The zero-order chi connectivity index (χ0) is 14.7. The average molecular weight is 320 g/mol. The standard InChI is InChI=1S/C16H16O3S2/c1-2-14(17)18-6-3-7-19-15-12-5-9-20-13(12)10-11-4-8-21-16(11)15/h4-5,8-10H,2-3,6-7H2,1H3. The van der Waals surface area contributed by atoms with Gasteiger partial charge in [0.1, 0.15) is 5.75 Å². The highest BCUT2D eigenvalue weighted by molar-refractivity contribution is 7.19. The van der Waals surface area contributed by atoms with Crippen LogP contribution in [0.4, 0.5) is 0 Å². The lowest BCUT2D eigenvalue weighted by Crippen LogP contribution is -2.07. The predicted molar refractivity (Wildman–Crippen MR) is 88.6 cm³/mol. The minimum atomic E-state index is -0.157. The molecule has 0 fully saturated rings. The smallest absolute Gasteiger partial charge is 0.305 e. The van der Waals surface area contributed by atoms with E-state index in [1.807, 2.05) is 0 Å². The molecule has 3 rings (SSSR count). The number of carbonyl (C=O) groups excluding carboxylic acids is 1. The van der Waals surface area contributed by atoms with Crippen LogP contribution in [0.5, 0.6) is 5.75 Å². The zero-order valence-corrected chi connectivity index (χ0v) is 13.4. The van der Waals surface area contributed by atoms with Crippen molar-refractivity contribution in [2.45, 2.75) is 19.8 Å². The van der Waals surface area contributed by atoms with Gasteiger partial charge in [0.05, 0.1) is 17.9 Å². The van der Waals surface area contributed by atoms with Gasteiger partial charge >= 0.3 is 5.97 Å². The highest BCUT2D eigenvalue weighted by Gasteiger charge is 2.11. The van der Waals surface area contributed by atoms with Crippen LogP contribution >= 0.6 is 22.7 Å². The van der Waals surface area contributed by atoms with E-state index in [-0.39, 0.29) is 5.97 Å². The van der Waals surface area contributed by atoms with Gasteiger partial charge in [-0.05, 0) is 34.3 Å². The maximum Gasteiger partial charge on any atom is 0.305 e. The fraction of sp³-hybridized carbons (Fsp3) is 0.312. The van der Waals surface area contributed by atoms with Gasteiger partial charge in [-0.15, -0.1) is 22.7 Å². The van der Waals surface area contributed by atoms with Crippen LogP contribution < -0.4 is 4.74 Å². The summed E-state index contributed by atoms with van der Waals surface area (Å²) in [6.45, 7) is 2.77. The molecule has 0 aliphatic carbocycles. The Bertz CT molecular complexity index is 708. The third kappa shape index (κ3) is 3.04. The first-order valence-electron chi connectivity index (χ1n) is 6.95. The lowest BCUT2D eigenvalue weighted by Gasteiger charge is -2.09. The topological polar surface area (TPSA) is 35.5 Å². The van der Waals surface area contributed by atoms with Crippen molar-refractivity contribution < 1.29 is 14.3 Å². The number of ether oxygens (including phenoxy) is 2. The molecule has 3 nitrogen and oxygen atoms in total. The minimum absolute atomic E-state index is 0.157. The highest BCUT2D eigenvalue weighted by Crippen LogP contribution is 2.40. The van der Waals surface area contributed by atoms with Gasteiger partial charge in [0.2, 0.25) is 0 Å². The Kier molecular flexibility index (Phi) is 4.41. The maximum absolute atomic E-state index is 11.1. The molecule has 5 heteroatoms. The molecule has 110 valence electrons. The predicted octanol–water partition coefficient (Wildman–Crippen LogP) is 4.84. The Morgan fingerprint density at radius 1 is 1.19 bits per heavy atom. The van der Waals surface area contributed by atoms with Crippen molar-refractivity contribution in [3.63, 3.8) is 0 Å². The van der Waals surface area contributed by atoms with Gasteiger partial charge in [-0.1, -0.05) is 6.92 Å². The van der Waals surface area contributed by atoms with E-state index in [0.29, 0.717) is 26.1 Å². The number of hydrogen-bond donors (Lipinski definition) is 0. The number of fused-ring (bicyclic) bond motifs is 2. The Morgan fingerprint density at radius 3 is 2.90 bits per heavy atom. The second kappa shape index (κ2) is 6.45. The lowest BCUT2D eigenvalue weighted by molar-refractivity contribution is -0.143. The van der Waals surface area contributed by atoms with Crippen molar-refractivity contribution in [1.82, 2.24) is 0 Å². The Balaban J connectivity index is 1.71. The first-order chi connectivity index (χ1) is 10.3. The summed E-state index contributed by atoms with van der Waals surface area (Å²) in [7, 11) is 0. The molecule has 0 amide bonds. The molecule has 2 aromatic heterocycles. The Labute approximate surface area is 131 Å². The molecular weight excluding hydrogens is 304 g/mol. The van der Waals surface area contributed by atoms with Crippen LogP contribution in [0.25, 0.3) is 20.2 Å². The summed E-state index contributed by atoms with van der Waals surface area (Å²) in [5.41, 5.74) is 0. The van der Waals surface area contributed by atoms with Gasteiger partial charge in [-0.2, -0.15) is 0 Å². The zero-order valence-electron chi connectivity index (χ0n) is 11.8. The second-order valence-electron chi connectivity index (χ2n) is 4.65. The van der Waals surface area contributed by atoms with Crippen molar-refractivity contribution in [1.29, 1.82) is 0 Å². The molecule has 0 bridgehead atoms. The van der Waals surface area contributed by atoms with E-state index < -0.39 is 0 Å². The summed E-state index contributed by atoms with van der Waals surface area (Å²) in [5.74, 6) is 0.802. The van der Waals surface area contributed by atoms with Crippen LogP contribution in [0.15, 0.2) is 29.0 Å². The summed E-state index contributed by atoms with van der Waals surface area (Å²) in [5, 5.41) is 6.57.